The SMILES string of the molecule is CC(O)(C(=O)N1C2CCC1CC([C@H](N)Cc1cc(F)c(F)cc1F)C2)c1ccccc1. The number of hydrogen-bond donors (Lipinski definition) is 2. The molecule has 4 atom stereocenters. The predicted molar refractivity (Wildman–Crippen MR) is 110 cm³/mol. The summed E-state index contributed by atoms with van der Waals surface area (Å²) >= 11 is 0. The first-order valence-electron chi connectivity index (χ1n) is 10.7. The van der Waals surface area contributed by atoms with Crippen LogP contribution in [0.4, 0.5) is 13.2 Å². The van der Waals surface area contributed by atoms with E-state index in [9.17, 15) is 23.1 Å². The van der Waals surface area contributed by atoms with Crippen LogP contribution in [0.1, 0.15) is 43.7 Å². The van der Waals surface area contributed by atoms with Gasteiger partial charge in [0.2, 0.25) is 0 Å². The first-order valence-corrected chi connectivity index (χ1v) is 10.7. The molecular weight excluding hydrogens is 405 g/mol. The summed E-state index contributed by atoms with van der Waals surface area (Å²) in [6.45, 7) is 1.52. The van der Waals surface area contributed by atoms with E-state index in [4.69, 9.17) is 5.73 Å². The van der Waals surface area contributed by atoms with Crippen molar-refractivity contribution in [2.45, 2.75) is 62.8 Å². The van der Waals surface area contributed by atoms with Crippen molar-refractivity contribution in [1.29, 1.82) is 0 Å². The molecule has 2 bridgehead atoms. The number of halogens is 3. The first-order chi connectivity index (χ1) is 14.7. The minimum atomic E-state index is -1.62. The van der Waals surface area contributed by atoms with E-state index in [1.165, 1.54) is 6.92 Å². The summed E-state index contributed by atoms with van der Waals surface area (Å²) in [5, 5.41) is 11.0. The van der Waals surface area contributed by atoms with Gasteiger partial charge >= 0.3 is 0 Å². The summed E-state index contributed by atoms with van der Waals surface area (Å²) in [4.78, 5) is 15.1. The van der Waals surface area contributed by atoms with E-state index in [1.54, 1.807) is 29.2 Å². The summed E-state index contributed by atoms with van der Waals surface area (Å²) in [6, 6.07) is 9.76. The monoisotopic (exact) mass is 432 g/mol. The summed E-state index contributed by atoms with van der Waals surface area (Å²) < 4.78 is 40.8. The topological polar surface area (TPSA) is 66.6 Å². The highest BCUT2D eigenvalue weighted by Gasteiger charge is 2.49. The molecule has 4 nitrogen and oxygen atoms in total. The average Bonchev–Trinajstić information content (AvgIpc) is 3.00. The third-order valence-electron chi connectivity index (χ3n) is 6.91. The second-order valence-corrected chi connectivity index (χ2v) is 8.99. The number of amides is 1. The number of fused-ring (bicyclic) bond motifs is 2. The van der Waals surface area contributed by atoms with Crippen molar-refractivity contribution >= 4 is 5.91 Å². The number of carbonyl (C=O) groups is 1. The van der Waals surface area contributed by atoms with Crippen LogP contribution in [-0.4, -0.2) is 34.0 Å². The number of nitrogens with two attached hydrogens (primary N) is 1. The number of benzene rings is 2. The third kappa shape index (κ3) is 4.08. The molecule has 0 saturated carbocycles. The molecule has 2 saturated heterocycles. The normalized spacial score (nSPS) is 25.9. The number of rotatable bonds is 5. The zero-order valence-electron chi connectivity index (χ0n) is 17.4. The molecule has 7 heteroatoms. The lowest BCUT2D eigenvalue weighted by molar-refractivity contribution is -0.156. The quantitative estimate of drug-likeness (QED) is 0.709. The Morgan fingerprint density at radius 3 is 2.29 bits per heavy atom. The summed E-state index contributed by atoms with van der Waals surface area (Å²) in [5.74, 6) is -3.40. The van der Waals surface area contributed by atoms with E-state index >= 15 is 0 Å². The Hall–Kier alpha value is -2.38. The van der Waals surface area contributed by atoms with Gasteiger partial charge in [0.25, 0.3) is 5.91 Å². The van der Waals surface area contributed by atoms with E-state index in [0.29, 0.717) is 24.5 Å². The van der Waals surface area contributed by atoms with Crippen molar-refractivity contribution in [3.63, 3.8) is 0 Å². The van der Waals surface area contributed by atoms with Crippen LogP contribution in [0.5, 0.6) is 0 Å². The molecule has 2 aliphatic rings. The Bertz CT molecular complexity index is 953. The Kier molecular flexibility index (Phi) is 5.83. The maximum Gasteiger partial charge on any atom is 0.259 e. The molecule has 3 N–H and O–H groups in total. The Morgan fingerprint density at radius 2 is 1.68 bits per heavy atom. The van der Waals surface area contributed by atoms with Gasteiger partial charge in [0.1, 0.15) is 5.82 Å². The van der Waals surface area contributed by atoms with Gasteiger partial charge in [-0.05, 0) is 62.1 Å². The molecule has 0 radical (unpaired) electrons. The van der Waals surface area contributed by atoms with Crippen LogP contribution in [-0.2, 0) is 16.8 Å². The van der Waals surface area contributed by atoms with E-state index in [2.05, 4.69) is 0 Å². The molecule has 1 amide bonds. The fraction of sp³-hybridized carbons (Fsp3) is 0.458. The number of aliphatic hydroxyl groups is 1. The molecule has 4 rings (SSSR count). The predicted octanol–water partition coefficient (Wildman–Crippen LogP) is 3.65. The van der Waals surface area contributed by atoms with Crippen LogP contribution in [0.15, 0.2) is 42.5 Å². The van der Waals surface area contributed by atoms with Gasteiger partial charge in [-0.1, -0.05) is 30.3 Å². The second-order valence-electron chi connectivity index (χ2n) is 8.99. The molecule has 0 aromatic heterocycles. The highest BCUT2D eigenvalue weighted by atomic mass is 19.2. The van der Waals surface area contributed by atoms with Gasteiger partial charge in [0, 0.05) is 24.2 Å². The van der Waals surface area contributed by atoms with Crippen LogP contribution in [0, 0.1) is 23.4 Å². The van der Waals surface area contributed by atoms with Gasteiger partial charge < -0.3 is 15.7 Å². The molecule has 2 aliphatic heterocycles. The highest BCUT2D eigenvalue weighted by Crippen LogP contribution is 2.42. The number of nitrogens with zero attached hydrogens (tertiary/aromatic N) is 1. The second kappa shape index (κ2) is 8.28. The van der Waals surface area contributed by atoms with Gasteiger partial charge in [-0.15, -0.1) is 0 Å². The van der Waals surface area contributed by atoms with Crippen LogP contribution in [0.3, 0.4) is 0 Å². The Labute approximate surface area is 179 Å². The molecule has 2 aromatic rings. The van der Waals surface area contributed by atoms with E-state index in [0.717, 1.165) is 18.9 Å². The van der Waals surface area contributed by atoms with Gasteiger partial charge in [0.05, 0.1) is 0 Å². The molecule has 31 heavy (non-hydrogen) atoms. The summed E-state index contributed by atoms with van der Waals surface area (Å²) in [5.41, 5.74) is 5.34. The fourth-order valence-electron chi connectivity index (χ4n) is 5.18. The zero-order chi connectivity index (χ0) is 22.3. The van der Waals surface area contributed by atoms with Crippen LogP contribution < -0.4 is 5.73 Å². The molecule has 166 valence electrons. The number of carbonyl (C=O) groups excluding carboxylic acids is 1. The van der Waals surface area contributed by atoms with Crippen molar-refractivity contribution in [3.8, 4) is 0 Å². The third-order valence-corrected chi connectivity index (χ3v) is 6.91. The summed E-state index contributed by atoms with van der Waals surface area (Å²) in [7, 11) is 0. The van der Waals surface area contributed by atoms with E-state index in [-0.39, 0.29) is 35.9 Å². The molecule has 2 heterocycles. The van der Waals surface area contributed by atoms with E-state index < -0.39 is 29.1 Å². The molecular formula is C24H27F3N2O2. The molecule has 3 unspecified atom stereocenters. The molecule has 0 aliphatic carbocycles. The van der Waals surface area contributed by atoms with Gasteiger partial charge in [-0.25, -0.2) is 13.2 Å². The van der Waals surface area contributed by atoms with Crippen LogP contribution in [0.2, 0.25) is 0 Å². The van der Waals surface area contributed by atoms with Crippen molar-refractivity contribution < 1.29 is 23.1 Å². The lowest BCUT2D eigenvalue weighted by atomic mass is 9.81. The largest absolute Gasteiger partial charge is 0.376 e. The molecule has 2 fully saturated rings. The van der Waals surface area contributed by atoms with Crippen molar-refractivity contribution in [2.24, 2.45) is 11.7 Å². The van der Waals surface area contributed by atoms with E-state index in [1.807, 2.05) is 6.07 Å². The highest BCUT2D eigenvalue weighted by molar-refractivity contribution is 5.86. The minimum absolute atomic E-state index is 0.0238. The van der Waals surface area contributed by atoms with Gasteiger partial charge in [-0.2, -0.15) is 0 Å². The van der Waals surface area contributed by atoms with Crippen LogP contribution >= 0.6 is 0 Å². The van der Waals surface area contributed by atoms with Crippen molar-refractivity contribution in [2.75, 3.05) is 0 Å². The lowest BCUT2D eigenvalue weighted by Gasteiger charge is -2.43. The maximum absolute atomic E-state index is 14.0. The smallest absolute Gasteiger partial charge is 0.259 e. The standard InChI is InChI=1S/C24H27F3N2O2/c1-24(31,16-5-3-2-4-6-16)23(30)29-17-7-8-18(29)10-15(9-17)22(28)12-14-11-20(26)21(27)13-19(14)25/h2-6,11,13,15,17-18,22,31H,7-10,12,28H2,1H3/t15?,17?,18?,22-,24?/m1/s1. The van der Waals surface area contributed by atoms with Crippen molar-refractivity contribution in [3.05, 3.63) is 71.0 Å². The molecule has 0 spiro atoms. The Morgan fingerprint density at radius 1 is 1.10 bits per heavy atom. The Balaban J connectivity index is 1.47. The lowest BCUT2D eigenvalue weighted by Crippen LogP contribution is -2.55. The van der Waals surface area contributed by atoms with Gasteiger partial charge in [-0.3, -0.25) is 4.79 Å². The van der Waals surface area contributed by atoms with Crippen LogP contribution in [0.25, 0.3) is 0 Å². The average molecular weight is 432 g/mol. The minimum Gasteiger partial charge on any atom is -0.376 e. The number of hydrogen-bond acceptors (Lipinski definition) is 3. The van der Waals surface area contributed by atoms with Crippen molar-refractivity contribution in [1.82, 2.24) is 4.90 Å². The number of piperidine rings is 1. The maximum atomic E-state index is 14.0. The zero-order valence-corrected chi connectivity index (χ0v) is 17.4. The first kappa shape index (κ1) is 21.8. The van der Waals surface area contributed by atoms with Gasteiger partial charge in [0.15, 0.2) is 17.2 Å². The molecule has 2 aromatic carbocycles. The fourth-order valence-corrected chi connectivity index (χ4v) is 5.18. The summed E-state index contributed by atoms with van der Waals surface area (Å²) in [6.07, 6.45) is 3.02.